The van der Waals surface area contributed by atoms with E-state index in [2.05, 4.69) is 10.3 Å². The van der Waals surface area contributed by atoms with E-state index in [1.54, 1.807) is 45.7 Å². The Kier molecular flexibility index (Phi) is 4.46. The quantitative estimate of drug-likeness (QED) is 0.860. The summed E-state index contributed by atoms with van der Waals surface area (Å²) in [5.41, 5.74) is -0.108. The van der Waals surface area contributed by atoms with Crippen LogP contribution in [0.2, 0.25) is 0 Å². The van der Waals surface area contributed by atoms with Gasteiger partial charge in [0.05, 0.1) is 29.1 Å². The number of carbonyl (C=O) groups excluding carboxylic acids is 2. The summed E-state index contributed by atoms with van der Waals surface area (Å²) in [5, 5.41) is 13.2. The predicted molar refractivity (Wildman–Crippen MR) is 96.8 cm³/mol. The predicted octanol–water partition coefficient (Wildman–Crippen LogP) is 2.93. The molecule has 2 amide bonds. The summed E-state index contributed by atoms with van der Waals surface area (Å²) in [6.45, 7) is 9.19. The molecule has 142 valence electrons. The third-order valence-corrected chi connectivity index (χ3v) is 4.60. The van der Waals surface area contributed by atoms with Crippen LogP contribution in [0.15, 0.2) is 12.4 Å². The number of nitrogens with zero attached hydrogens (tertiary/aromatic N) is 2. The number of nitrogens with one attached hydrogen (secondary N) is 1. The fourth-order valence-corrected chi connectivity index (χ4v) is 3.63. The number of ether oxygens (including phenoxy) is 1. The average molecular weight is 361 g/mol. The van der Waals surface area contributed by atoms with Crippen molar-refractivity contribution in [2.45, 2.75) is 71.2 Å². The van der Waals surface area contributed by atoms with E-state index in [9.17, 15) is 14.7 Å². The number of rotatable bonds is 4. The molecule has 0 spiro atoms. The summed E-state index contributed by atoms with van der Waals surface area (Å²) in [4.78, 5) is 31.1. The van der Waals surface area contributed by atoms with Gasteiger partial charge in [0.1, 0.15) is 5.60 Å². The molecule has 0 saturated heterocycles. The first kappa shape index (κ1) is 18.6. The van der Waals surface area contributed by atoms with Crippen molar-refractivity contribution in [3.63, 3.8) is 0 Å². The van der Waals surface area contributed by atoms with Gasteiger partial charge in [0.2, 0.25) is 0 Å². The van der Waals surface area contributed by atoms with Gasteiger partial charge in [0.15, 0.2) is 0 Å². The van der Waals surface area contributed by atoms with Crippen molar-refractivity contribution in [1.29, 1.82) is 0 Å². The SMILES string of the molecule is CC(C)(C)OC(=O)Nc1cncc2c1C(=O)N([C@H](C1CC1)C(C)(C)O)C2. The summed E-state index contributed by atoms with van der Waals surface area (Å²) in [5.74, 6) is 0.121. The van der Waals surface area contributed by atoms with Crippen molar-refractivity contribution in [1.82, 2.24) is 9.88 Å². The molecule has 3 rings (SSSR count). The Bertz CT molecular complexity index is 729. The Hall–Kier alpha value is -2.15. The summed E-state index contributed by atoms with van der Waals surface area (Å²) in [6, 6.07) is -0.253. The Labute approximate surface area is 153 Å². The molecular weight excluding hydrogens is 334 g/mol. The highest BCUT2D eigenvalue weighted by Gasteiger charge is 2.48. The van der Waals surface area contributed by atoms with E-state index in [0.717, 1.165) is 18.4 Å². The fraction of sp³-hybridized carbons (Fsp3) is 0.632. The molecule has 2 N–H and O–H groups in total. The van der Waals surface area contributed by atoms with Gasteiger partial charge in [-0.2, -0.15) is 0 Å². The molecule has 1 saturated carbocycles. The van der Waals surface area contributed by atoms with E-state index < -0.39 is 17.3 Å². The van der Waals surface area contributed by atoms with E-state index in [-0.39, 0.29) is 11.9 Å². The van der Waals surface area contributed by atoms with Crippen LogP contribution >= 0.6 is 0 Å². The smallest absolute Gasteiger partial charge is 0.412 e. The Morgan fingerprint density at radius 3 is 2.50 bits per heavy atom. The number of fused-ring (bicyclic) bond motifs is 1. The molecule has 0 aromatic carbocycles. The average Bonchev–Trinajstić information content (AvgIpc) is 3.21. The summed E-state index contributed by atoms with van der Waals surface area (Å²) < 4.78 is 5.27. The minimum Gasteiger partial charge on any atom is -0.444 e. The number of hydrogen-bond acceptors (Lipinski definition) is 5. The van der Waals surface area contributed by atoms with Crippen molar-refractivity contribution in [3.05, 3.63) is 23.5 Å². The first-order chi connectivity index (χ1) is 12.0. The maximum atomic E-state index is 13.1. The zero-order chi connectivity index (χ0) is 19.3. The zero-order valence-electron chi connectivity index (χ0n) is 16.0. The van der Waals surface area contributed by atoms with Crippen molar-refractivity contribution >= 4 is 17.7 Å². The van der Waals surface area contributed by atoms with Crippen LogP contribution in [0.4, 0.5) is 10.5 Å². The van der Waals surface area contributed by atoms with E-state index in [4.69, 9.17) is 4.74 Å². The van der Waals surface area contributed by atoms with Crippen LogP contribution in [0.5, 0.6) is 0 Å². The van der Waals surface area contributed by atoms with E-state index >= 15 is 0 Å². The first-order valence-electron chi connectivity index (χ1n) is 8.97. The maximum Gasteiger partial charge on any atom is 0.412 e. The lowest BCUT2D eigenvalue weighted by Crippen LogP contribution is -2.51. The molecule has 1 aromatic rings. The van der Waals surface area contributed by atoms with Crippen molar-refractivity contribution in [3.8, 4) is 0 Å². The van der Waals surface area contributed by atoms with Crippen molar-refractivity contribution in [2.75, 3.05) is 5.32 Å². The monoisotopic (exact) mass is 361 g/mol. The number of amides is 2. The third kappa shape index (κ3) is 3.82. The second-order valence-corrected chi connectivity index (χ2v) is 8.72. The van der Waals surface area contributed by atoms with Gasteiger partial charge >= 0.3 is 6.09 Å². The number of aliphatic hydroxyl groups is 1. The van der Waals surface area contributed by atoms with Crippen LogP contribution in [-0.2, 0) is 11.3 Å². The Balaban J connectivity index is 1.85. The highest BCUT2D eigenvalue weighted by atomic mass is 16.6. The first-order valence-corrected chi connectivity index (χ1v) is 8.97. The van der Waals surface area contributed by atoms with Crippen LogP contribution in [0.1, 0.15) is 63.4 Å². The molecule has 1 aliphatic carbocycles. The molecule has 7 heteroatoms. The number of pyridine rings is 1. The van der Waals surface area contributed by atoms with Crippen molar-refractivity contribution < 1.29 is 19.4 Å². The minimum atomic E-state index is -0.995. The molecule has 0 unspecified atom stereocenters. The molecule has 1 aromatic heterocycles. The van der Waals surface area contributed by atoms with Gasteiger partial charge in [-0.25, -0.2) is 4.79 Å². The standard InChI is InChI=1S/C19H27N3O4/c1-18(2,3)26-17(24)21-13-9-20-8-12-10-22(16(23)14(12)13)15(11-6-7-11)19(4,5)25/h8-9,11,15,25H,6-7,10H2,1-5H3,(H,21,24)/t15-/m1/s1. The zero-order valence-corrected chi connectivity index (χ0v) is 16.0. The maximum absolute atomic E-state index is 13.1. The Morgan fingerprint density at radius 1 is 1.31 bits per heavy atom. The van der Waals surface area contributed by atoms with Crippen molar-refractivity contribution in [2.24, 2.45) is 5.92 Å². The number of anilines is 1. The number of hydrogen-bond donors (Lipinski definition) is 2. The van der Waals surface area contributed by atoms with E-state index in [1.807, 2.05) is 0 Å². The Morgan fingerprint density at radius 2 is 1.96 bits per heavy atom. The van der Waals surface area contributed by atoms with Gasteiger partial charge in [0.25, 0.3) is 5.91 Å². The molecule has 26 heavy (non-hydrogen) atoms. The second-order valence-electron chi connectivity index (χ2n) is 8.72. The lowest BCUT2D eigenvalue weighted by molar-refractivity contribution is -0.0224. The van der Waals surface area contributed by atoms with Gasteiger partial charge in [0, 0.05) is 18.3 Å². The lowest BCUT2D eigenvalue weighted by Gasteiger charge is -2.37. The normalized spacial score (nSPS) is 18.5. The second kappa shape index (κ2) is 6.23. The van der Waals surface area contributed by atoms with Crippen LogP contribution in [0.25, 0.3) is 0 Å². The van der Waals surface area contributed by atoms with Crippen LogP contribution in [0, 0.1) is 5.92 Å². The summed E-state index contributed by atoms with van der Waals surface area (Å²) in [7, 11) is 0. The molecule has 0 bridgehead atoms. The molecule has 1 fully saturated rings. The van der Waals surface area contributed by atoms with Crippen LogP contribution < -0.4 is 5.32 Å². The summed E-state index contributed by atoms with van der Waals surface area (Å²) in [6.07, 6.45) is 4.49. The molecule has 2 aliphatic rings. The summed E-state index contributed by atoms with van der Waals surface area (Å²) >= 11 is 0. The van der Waals surface area contributed by atoms with Gasteiger partial charge < -0.3 is 14.7 Å². The molecule has 2 heterocycles. The van der Waals surface area contributed by atoms with Gasteiger partial charge in [-0.3, -0.25) is 15.1 Å². The number of carbonyl (C=O) groups is 2. The van der Waals surface area contributed by atoms with Crippen LogP contribution in [-0.4, -0.2) is 44.2 Å². The molecule has 1 aliphatic heterocycles. The van der Waals surface area contributed by atoms with Gasteiger partial charge in [-0.1, -0.05) is 0 Å². The van der Waals surface area contributed by atoms with E-state index in [1.165, 1.54) is 6.20 Å². The number of aromatic nitrogens is 1. The van der Waals surface area contributed by atoms with Gasteiger partial charge in [-0.05, 0) is 53.4 Å². The van der Waals surface area contributed by atoms with Gasteiger partial charge in [-0.15, -0.1) is 0 Å². The molecule has 0 radical (unpaired) electrons. The fourth-order valence-electron chi connectivity index (χ4n) is 3.63. The highest BCUT2D eigenvalue weighted by molar-refractivity contribution is 6.05. The van der Waals surface area contributed by atoms with E-state index in [0.29, 0.717) is 23.7 Å². The topological polar surface area (TPSA) is 91.8 Å². The molecule has 1 atom stereocenters. The van der Waals surface area contributed by atoms with Crippen LogP contribution in [0.3, 0.4) is 0 Å². The lowest BCUT2D eigenvalue weighted by atomic mass is 9.93. The third-order valence-electron chi connectivity index (χ3n) is 4.60. The highest BCUT2D eigenvalue weighted by Crippen LogP contribution is 2.43. The largest absolute Gasteiger partial charge is 0.444 e. The minimum absolute atomic E-state index is 0.188. The molecular formula is C19H27N3O4. The molecule has 7 nitrogen and oxygen atoms in total.